The van der Waals surface area contributed by atoms with Crippen LogP contribution in [0.15, 0.2) is 16.3 Å². The molecule has 1 rings (SSSR count). The third-order valence-corrected chi connectivity index (χ3v) is 2.57. The molecule has 1 aromatic heterocycles. The van der Waals surface area contributed by atoms with Crippen molar-refractivity contribution in [1.82, 2.24) is 0 Å². The Morgan fingerprint density at radius 3 is 3.00 bits per heavy atom. The van der Waals surface area contributed by atoms with Crippen LogP contribution in [0.3, 0.4) is 0 Å². The van der Waals surface area contributed by atoms with Gasteiger partial charge in [-0.3, -0.25) is 0 Å². The van der Waals surface area contributed by atoms with E-state index >= 15 is 0 Å². The fourth-order valence-corrected chi connectivity index (χ4v) is 1.74. The average molecular weight is 202 g/mol. The molecule has 66 valence electrons. The average Bonchev–Trinajstić information content (AvgIpc) is 2.47. The van der Waals surface area contributed by atoms with Crippen LogP contribution in [0.2, 0.25) is 0 Å². The van der Waals surface area contributed by atoms with Gasteiger partial charge in [-0.05, 0) is 12.5 Å². The molecule has 0 aromatic carbocycles. The lowest BCUT2D eigenvalue weighted by molar-refractivity contribution is 0.0510. The molecule has 0 saturated heterocycles. The number of thiophene rings is 1. The Kier molecular flexibility index (Phi) is 3.62. The van der Waals surface area contributed by atoms with Gasteiger partial charge in [0, 0.05) is 10.3 Å². The second-order valence-electron chi connectivity index (χ2n) is 2.31. The van der Waals surface area contributed by atoms with E-state index < -0.39 is 0 Å². The molecule has 0 aliphatic carbocycles. The number of carbonyl (C=O) groups excluding carboxylic acids is 1. The van der Waals surface area contributed by atoms with E-state index in [2.05, 4.69) is 12.6 Å². The van der Waals surface area contributed by atoms with E-state index in [9.17, 15) is 4.79 Å². The molecule has 0 spiro atoms. The summed E-state index contributed by atoms with van der Waals surface area (Å²) < 4.78 is 4.93. The standard InChI is InChI=1S/C8H10O2S2/c1-2-3-10-8(9)7-4-6(11)5-12-7/h4-5,11H,2-3H2,1H3. The molecule has 2 nitrogen and oxygen atoms in total. The molecular weight excluding hydrogens is 192 g/mol. The maximum absolute atomic E-state index is 11.2. The number of rotatable bonds is 3. The molecular formula is C8H10O2S2. The SMILES string of the molecule is CCCOC(=O)c1cc(S)cs1. The molecule has 0 N–H and O–H groups in total. The molecule has 1 aromatic rings. The van der Waals surface area contributed by atoms with Gasteiger partial charge in [0.1, 0.15) is 4.88 Å². The van der Waals surface area contributed by atoms with Gasteiger partial charge in [0.25, 0.3) is 0 Å². The minimum Gasteiger partial charge on any atom is -0.462 e. The van der Waals surface area contributed by atoms with Crippen LogP contribution in [0.5, 0.6) is 0 Å². The van der Waals surface area contributed by atoms with Crippen molar-refractivity contribution in [3.8, 4) is 0 Å². The Bertz CT molecular complexity index is 268. The summed E-state index contributed by atoms with van der Waals surface area (Å²) in [5.41, 5.74) is 0. The van der Waals surface area contributed by atoms with Gasteiger partial charge < -0.3 is 4.74 Å². The van der Waals surface area contributed by atoms with Gasteiger partial charge >= 0.3 is 5.97 Å². The lowest BCUT2D eigenvalue weighted by Gasteiger charge is -1.98. The number of carbonyl (C=O) groups is 1. The minimum atomic E-state index is -0.248. The molecule has 0 unspecified atom stereocenters. The molecule has 1 heterocycles. The Hall–Kier alpha value is -0.480. The lowest BCUT2D eigenvalue weighted by Crippen LogP contribution is -2.03. The van der Waals surface area contributed by atoms with E-state index in [4.69, 9.17) is 4.74 Å². The molecule has 0 radical (unpaired) electrons. The topological polar surface area (TPSA) is 26.3 Å². The van der Waals surface area contributed by atoms with E-state index in [1.165, 1.54) is 11.3 Å². The summed E-state index contributed by atoms with van der Waals surface area (Å²) in [6.07, 6.45) is 0.852. The summed E-state index contributed by atoms with van der Waals surface area (Å²) in [5, 5.41) is 1.81. The first-order valence-corrected chi connectivity index (χ1v) is 5.01. The molecule has 0 aliphatic heterocycles. The molecule has 4 heteroatoms. The van der Waals surface area contributed by atoms with Crippen LogP contribution >= 0.6 is 24.0 Å². The van der Waals surface area contributed by atoms with Gasteiger partial charge in [-0.1, -0.05) is 6.92 Å². The highest BCUT2D eigenvalue weighted by Crippen LogP contribution is 2.18. The predicted octanol–water partition coefficient (Wildman–Crippen LogP) is 2.60. The third-order valence-electron chi connectivity index (χ3n) is 1.22. The van der Waals surface area contributed by atoms with Gasteiger partial charge in [0.05, 0.1) is 6.61 Å². The number of ether oxygens (including phenoxy) is 1. The number of thiol groups is 1. The maximum atomic E-state index is 11.2. The zero-order valence-corrected chi connectivity index (χ0v) is 8.45. The van der Waals surface area contributed by atoms with E-state index in [-0.39, 0.29) is 5.97 Å². The first-order chi connectivity index (χ1) is 5.74. The Morgan fingerprint density at radius 2 is 2.50 bits per heavy atom. The van der Waals surface area contributed by atoms with Crippen LogP contribution in [0.4, 0.5) is 0 Å². The summed E-state index contributed by atoms with van der Waals surface area (Å²) in [7, 11) is 0. The van der Waals surface area contributed by atoms with Gasteiger partial charge in [0.15, 0.2) is 0 Å². The molecule has 0 bridgehead atoms. The Morgan fingerprint density at radius 1 is 1.75 bits per heavy atom. The minimum absolute atomic E-state index is 0.248. The fraction of sp³-hybridized carbons (Fsp3) is 0.375. The predicted molar refractivity (Wildman–Crippen MR) is 52.1 cm³/mol. The van der Waals surface area contributed by atoms with E-state index in [0.29, 0.717) is 11.5 Å². The van der Waals surface area contributed by atoms with Crippen LogP contribution in [-0.4, -0.2) is 12.6 Å². The second-order valence-corrected chi connectivity index (χ2v) is 3.73. The monoisotopic (exact) mass is 202 g/mol. The molecule has 0 fully saturated rings. The number of esters is 1. The number of hydrogen-bond acceptors (Lipinski definition) is 4. The summed E-state index contributed by atoms with van der Waals surface area (Å²) in [4.78, 5) is 12.6. The smallest absolute Gasteiger partial charge is 0.348 e. The lowest BCUT2D eigenvalue weighted by atomic mass is 10.4. The van der Waals surface area contributed by atoms with Crippen LogP contribution in [-0.2, 0) is 4.74 Å². The first-order valence-electron chi connectivity index (χ1n) is 3.68. The highest BCUT2D eigenvalue weighted by molar-refractivity contribution is 7.80. The van der Waals surface area contributed by atoms with Gasteiger partial charge in [-0.2, -0.15) is 0 Å². The van der Waals surface area contributed by atoms with Crippen molar-refractivity contribution >= 4 is 29.9 Å². The largest absolute Gasteiger partial charge is 0.462 e. The van der Waals surface area contributed by atoms with E-state index in [1.54, 1.807) is 6.07 Å². The molecule has 12 heavy (non-hydrogen) atoms. The Labute approximate surface area is 81.0 Å². The molecule has 0 aliphatic rings. The van der Waals surface area contributed by atoms with Crippen molar-refractivity contribution in [3.63, 3.8) is 0 Å². The zero-order valence-electron chi connectivity index (χ0n) is 6.74. The molecule has 0 amide bonds. The fourth-order valence-electron chi connectivity index (χ4n) is 0.699. The van der Waals surface area contributed by atoms with Crippen molar-refractivity contribution in [1.29, 1.82) is 0 Å². The van der Waals surface area contributed by atoms with Crippen LogP contribution < -0.4 is 0 Å². The van der Waals surface area contributed by atoms with Crippen molar-refractivity contribution in [2.24, 2.45) is 0 Å². The zero-order chi connectivity index (χ0) is 8.97. The number of hydrogen-bond donors (Lipinski definition) is 1. The maximum Gasteiger partial charge on any atom is 0.348 e. The molecule has 0 atom stereocenters. The second kappa shape index (κ2) is 4.52. The van der Waals surface area contributed by atoms with Crippen LogP contribution in [0.1, 0.15) is 23.0 Å². The summed E-state index contributed by atoms with van der Waals surface area (Å²) >= 11 is 5.45. The molecule has 0 saturated carbocycles. The first kappa shape index (κ1) is 9.61. The van der Waals surface area contributed by atoms with Gasteiger partial charge in [0.2, 0.25) is 0 Å². The van der Waals surface area contributed by atoms with Crippen molar-refractivity contribution < 1.29 is 9.53 Å². The summed E-state index contributed by atoms with van der Waals surface area (Å²) in [6, 6.07) is 1.71. The van der Waals surface area contributed by atoms with Crippen molar-refractivity contribution in [3.05, 3.63) is 16.3 Å². The van der Waals surface area contributed by atoms with Crippen molar-refractivity contribution in [2.45, 2.75) is 18.2 Å². The van der Waals surface area contributed by atoms with Crippen LogP contribution in [0.25, 0.3) is 0 Å². The normalized spacial score (nSPS) is 9.83. The third kappa shape index (κ3) is 2.53. The van der Waals surface area contributed by atoms with E-state index in [0.717, 1.165) is 11.3 Å². The van der Waals surface area contributed by atoms with Gasteiger partial charge in [-0.15, -0.1) is 24.0 Å². The summed E-state index contributed by atoms with van der Waals surface area (Å²) in [5.74, 6) is -0.248. The highest BCUT2D eigenvalue weighted by Gasteiger charge is 2.08. The van der Waals surface area contributed by atoms with Gasteiger partial charge in [-0.25, -0.2) is 4.79 Å². The van der Waals surface area contributed by atoms with Crippen LogP contribution in [0, 0.1) is 0 Å². The highest BCUT2D eigenvalue weighted by atomic mass is 32.1. The van der Waals surface area contributed by atoms with E-state index in [1.807, 2.05) is 12.3 Å². The summed E-state index contributed by atoms with van der Waals surface area (Å²) in [6.45, 7) is 2.45. The van der Waals surface area contributed by atoms with Crippen molar-refractivity contribution in [2.75, 3.05) is 6.61 Å². The Balaban J connectivity index is 2.53. The quantitative estimate of drug-likeness (QED) is 0.602.